The quantitative estimate of drug-likeness (QED) is 0.633. The van der Waals surface area contributed by atoms with Crippen LogP contribution in [-0.4, -0.2) is 34.0 Å². The molecule has 0 unspecified atom stereocenters. The zero-order valence-corrected chi connectivity index (χ0v) is 17.8. The number of nitrogens with zero attached hydrogens (tertiary/aromatic N) is 3. The standard InChI is InChI=1S/C20H28BrN3O2/c1-14(2)13-24(18(25)12-20(3,4)5)11-10-17-22-19(23-26-17)15-6-8-16(21)9-7-15/h6-9,14H,10-13H2,1-5H3. The summed E-state index contributed by atoms with van der Waals surface area (Å²) in [5.74, 6) is 1.72. The van der Waals surface area contributed by atoms with Crippen molar-refractivity contribution in [2.75, 3.05) is 13.1 Å². The van der Waals surface area contributed by atoms with Crippen LogP contribution in [0.4, 0.5) is 0 Å². The van der Waals surface area contributed by atoms with Crippen molar-refractivity contribution in [3.05, 3.63) is 34.6 Å². The van der Waals surface area contributed by atoms with E-state index in [-0.39, 0.29) is 11.3 Å². The van der Waals surface area contributed by atoms with Gasteiger partial charge in [0.1, 0.15) is 0 Å². The van der Waals surface area contributed by atoms with Crippen LogP contribution in [0, 0.1) is 11.3 Å². The van der Waals surface area contributed by atoms with E-state index in [9.17, 15) is 4.79 Å². The Balaban J connectivity index is 2.01. The lowest BCUT2D eigenvalue weighted by Crippen LogP contribution is -2.37. The normalized spacial score (nSPS) is 11.8. The third-order valence-electron chi connectivity index (χ3n) is 3.79. The molecule has 26 heavy (non-hydrogen) atoms. The number of aromatic nitrogens is 2. The fourth-order valence-corrected chi connectivity index (χ4v) is 2.89. The molecule has 1 amide bonds. The summed E-state index contributed by atoms with van der Waals surface area (Å²) in [6, 6.07) is 7.77. The number of hydrogen-bond donors (Lipinski definition) is 0. The molecule has 0 saturated carbocycles. The van der Waals surface area contributed by atoms with E-state index >= 15 is 0 Å². The third kappa shape index (κ3) is 6.56. The van der Waals surface area contributed by atoms with Crippen molar-refractivity contribution in [1.82, 2.24) is 15.0 Å². The lowest BCUT2D eigenvalue weighted by atomic mass is 9.91. The number of rotatable bonds is 7. The Morgan fingerprint density at radius 3 is 2.46 bits per heavy atom. The topological polar surface area (TPSA) is 59.2 Å². The van der Waals surface area contributed by atoms with E-state index in [0.29, 0.717) is 37.0 Å². The van der Waals surface area contributed by atoms with E-state index in [1.807, 2.05) is 29.2 Å². The third-order valence-corrected chi connectivity index (χ3v) is 4.31. The van der Waals surface area contributed by atoms with Crippen molar-refractivity contribution in [3.8, 4) is 11.4 Å². The Bertz CT molecular complexity index is 717. The van der Waals surface area contributed by atoms with E-state index in [0.717, 1.165) is 16.6 Å². The minimum Gasteiger partial charge on any atom is -0.342 e. The van der Waals surface area contributed by atoms with E-state index in [1.165, 1.54) is 0 Å². The van der Waals surface area contributed by atoms with Crippen LogP contribution >= 0.6 is 15.9 Å². The van der Waals surface area contributed by atoms with E-state index in [2.05, 4.69) is 60.7 Å². The Morgan fingerprint density at radius 2 is 1.88 bits per heavy atom. The van der Waals surface area contributed by atoms with Crippen LogP contribution in [0.25, 0.3) is 11.4 Å². The second-order valence-electron chi connectivity index (χ2n) is 8.24. The maximum absolute atomic E-state index is 12.6. The van der Waals surface area contributed by atoms with Gasteiger partial charge in [-0.15, -0.1) is 0 Å². The number of amides is 1. The molecule has 0 aliphatic carbocycles. The Morgan fingerprint density at radius 1 is 1.23 bits per heavy atom. The fourth-order valence-electron chi connectivity index (χ4n) is 2.63. The van der Waals surface area contributed by atoms with Gasteiger partial charge in [-0.05, 0) is 35.6 Å². The summed E-state index contributed by atoms with van der Waals surface area (Å²) >= 11 is 3.42. The SMILES string of the molecule is CC(C)CN(CCc1nc(-c2ccc(Br)cc2)no1)C(=O)CC(C)(C)C. The molecule has 2 rings (SSSR count). The largest absolute Gasteiger partial charge is 0.342 e. The summed E-state index contributed by atoms with van der Waals surface area (Å²) in [5.41, 5.74) is 0.886. The zero-order chi connectivity index (χ0) is 19.3. The number of carbonyl (C=O) groups is 1. The van der Waals surface area contributed by atoms with Crippen LogP contribution in [0.2, 0.25) is 0 Å². The number of benzene rings is 1. The van der Waals surface area contributed by atoms with Gasteiger partial charge in [-0.2, -0.15) is 4.98 Å². The molecule has 6 heteroatoms. The van der Waals surface area contributed by atoms with Crippen molar-refractivity contribution >= 4 is 21.8 Å². The number of hydrogen-bond acceptors (Lipinski definition) is 4. The number of halogens is 1. The fraction of sp³-hybridized carbons (Fsp3) is 0.550. The Labute approximate surface area is 164 Å². The molecule has 2 aromatic rings. The van der Waals surface area contributed by atoms with Crippen molar-refractivity contribution in [3.63, 3.8) is 0 Å². The van der Waals surface area contributed by atoms with E-state index in [1.54, 1.807) is 0 Å². The maximum atomic E-state index is 12.6. The van der Waals surface area contributed by atoms with Gasteiger partial charge in [-0.25, -0.2) is 0 Å². The highest BCUT2D eigenvalue weighted by Crippen LogP contribution is 2.21. The first kappa shape index (κ1) is 20.6. The van der Waals surface area contributed by atoms with Crippen molar-refractivity contribution in [1.29, 1.82) is 0 Å². The minimum atomic E-state index is -0.0223. The van der Waals surface area contributed by atoms with Gasteiger partial charge in [0, 0.05) is 36.0 Å². The minimum absolute atomic E-state index is 0.0223. The highest BCUT2D eigenvalue weighted by Gasteiger charge is 2.22. The van der Waals surface area contributed by atoms with Gasteiger partial charge in [0.15, 0.2) is 0 Å². The van der Waals surface area contributed by atoms with Crippen molar-refractivity contribution in [2.24, 2.45) is 11.3 Å². The van der Waals surface area contributed by atoms with Gasteiger partial charge in [0.2, 0.25) is 17.6 Å². The molecular formula is C20H28BrN3O2. The smallest absolute Gasteiger partial charge is 0.228 e. The molecule has 142 valence electrons. The Hall–Kier alpha value is -1.69. The van der Waals surface area contributed by atoms with Crippen LogP contribution in [0.1, 0.15) is 46.9 Å². The lowest BCUT2D eigenvalue weighted by molar-refractivity contribution is -0.133. The lowest BCUT2D eigenvalue weighted by Gasteiger charge is -2.27. The van der Waals surface area contributed by atoms with Crippen molar-refractivity contribution in [2.45, 2.75) is 47.5 Å². The highest BCUT2D eigenvalue weighted by molar-refractivity contribution is 9.10. The number of carbonyl (C=O) groups excluding carboxylic acids is 1. The summed E-state index contributed by atoms with van der Waals surface area (Å²) in [6.07, 6.45) is 1.10. The molecule has 0 bridgehead atoms. The van der Waals surface area contributed by atoms with Crippen LogP contribution in [-0.2, 0) is 11.2 Å². The zero-order valence-electron chi connectivity index (χ0n) is 16.3. The molecule has 0 spiro atoms. The molecule has 0 aliphatic heterocycles. The molecule has 5 nitrogen and oxygen atoms in total. The van der Waals surface area contributed by atoms with Crippen LogP contribution in [0.3, 0.4) is 0 Å². The average molecular weight is 422 g/mol. The van der Waals surface area contributed by atoms with Gasteiger partial charge >= 0.3 is 0 Å². The molecular weight excluding hydrogens is 394 g/mol. The molecule has 0 aliphatic rings. The molecule has 0 atom stereocenters. The molecule has 0 radical (unpaired) electrons. The van der Waals surface area contributed by atoms with Gasteiger partial charge in [-0.1, -0.05) is 55.7 Å². The summed E-state index contributed by atoms with van der Waals surface area (Å²) in [5, 5.41) is 4.05. The second kappa shape index (κ2) is 8.80. The van der Waals surface area contributed by atoms with E-state index in [4.69, 9.17) is 4.52 Å². The molecule has 0 saturated heterocycles. The maximum Gasteiger partial charge on any atom is 0.228 e. The summed E-state index contributed by atoms with van der Waals surface area (Å²) < 4.78 is 6.38. The first-order valence-electron chi connectivity index (χ1n) is 9.00. The van der Waals surface area contributed by atoms with Gasteiger partial charge in [0.25, 0.3) is 0 Å². The average Bonchev–Trinajstić information content (AvgIpc) is 2.99. The Kier molecular flexibility index (Phi) is 6.98. The molecule has 1 aromatic carbocycles. The molecule has 1 aromatic heterocycles. The van der Waals surface area contributed by atoms with Crippen LogP contribution in [0.5, 0.6) is 0 Å². The van der Waals surface area contributed by atoms with Crippen molar-refractivity contribution < 1.29 is 9.32 Å². The molecule has 0 fully saturated rings. The van der Waals surface area contributed by atoms with Crippen LogP contribution in [0.15, 0.2) is 33.3 Å². The van der Waals surface area contributed by atoms with Gasteiger partial charge < -0.3 is 9.42 Å². The summed E-state index contributed by atoms with van der Waals surface area (Å²) in [6.45, 7) is 11.8. The van der Waals surface area contributed by atoms with E-state index < -0.39 is 0 Å². The predicted octanol–water partition coefficient (Wildman–Crippen LogP) is 4.96. The van der Waals surface area contributed by atoms with Gasteiger partial charge in [0.05, 0.1) is 0 Å². The summed E-state index contributed by atoms with van der Waals surface area (Å²) in [4.78, 5) is 19.0. The molecule has 0 N–H and O–H groups in total. The summed E-state index contributed by atoms with van der Waals surface area (Å²) in [7, 11) is 0. The first-order chi connectivity index (χ1) is 12.1. The van der Waals surface area contributed by atoms with Crippen LogP contribution < -0.4 is 0 Å². The monoisotopic (exact) mass is 421 g/mol. The highest BCUT2D eigenvalue weighted by atomic mass is 79.9. The van der Waals surface area contributed by atoms with Gasteiger partial charge in [-0.3, -0.25) is 4.79 Å². The molecule has 1 heterocycles. The predicted molar refractivity (Wildman–Crippen MR) is 107 cm³/mol. The first-order valence-corrected chi connectivity index (χ1v) is 9.79. The second-order valence-corrected chi connectivity index (χ2v) is 9.16.